The number of benzene rings is 3. The number of methoxy groups -OCH3 is 2. The number of amides is 1. The normalized spacial score (nSPS) is 10.5. The van der Waals surface area contributed by atoms with Gasteiger partial charge in [-0.3, -0.25) is 4.79 Å². The SMILES string of the molecule is COc1ccc(-c2cc(N)n(-c3ccc(C(=O)Nc4cccc(OC)c4)cc3)n2)cc1. The van der Waals surface area contributed by atoms with Crippen LogP contribution >= 0.6 is 0 Å². The topological polar surface area (TPSA) is 91.4 Å². The molecule has 1 heterocycles. The Balaban J connectivity index is 1.52. The van der Waals surface area contributed by atoms with E-state index in [9.17, 15) is 4.79 Å². The fraction of sp³-hybridized carbons (Fsp3) is 0.0833. The number of aromatic nitrogens is 2. The Hall–Kier alpha value is -4.26. The van der Waals surface area contributed by atoms with Gasteiger partial charge in [-0.1, -0.05) is 6.07 Å². The van der Waals surface area contributed by atoms with Gasteiger partial charge in [-0.25, -0.2) is 4.68 Å². The zero-order valence-corrected chi connectivity index (χ0v) is 17.2. The van der Waals surface area contributed by atoms with Crippen molar-refractivity contribution in [3.63, 3.8) is 0 Å². The first-order chi connectivity index (χ1) is 15.1. The second-order valence-electron chi connectivity index (χ2n) is 6.83. The minimum absolute atomic E-state index is 0.216. The lowest BCUT2D eigenvalue weighted by atomic mass is 10.1. The highest BCUT2D eigenvalue weighted by atomic mass is 16.5. The number of nitrogen functional groups attached to an aromatic ring is 1. The van der Waals surface area contributed by atoms with E-state index in [0.29, 0.717) is 22.8 Å². The third-order valence-corrected chi connectivity index (χ3v) is 4.82. The molecule has 3 N–H and O–H groups in total. The smallest absolute Gasteiger partial charge is 0.255 e. The van der Waals surface area contributed by atoms with E-state index in [1.54, 1.807) is 43.2 Å². The van der Waals surface area contributed by atoms with E-state index >= 15 is 0 Å². The Morgan fingerprint density at radius 1 is 0.903 bits per heavy atom. The van der Waals surface area contributed by atoms with Crippen molar-refractivity contribution in [2.75, 3.05) is 25.3 Å². The van der Waals surface area contributed by atoms with Gasteiger partial charge in [-0.2, -0.15) is 5.10 Å². The third-order valence-electron chi connectivity index (χ3n) is 4.82. The van der Waals surface area contributed by atoms with Gasteiger partial charge < -0.3 is 20.5 Å². The molecule has 4 rings (SSSR count). The second-order valence-corrected chi connectivity index (χ2v) is 6.83. The highest BCUT2D eigenvalue weighted by molar-refractivity contribution is 6.04. The van der Waals surface area contributed by atoms with Crippen molar-refractivity contribution in [2.45, 2.75) is 0 Å². The number of nitrogens with one attached hydrogen (secondary N) is 1. The summed E-state index contributed by atoms with van der Waals surface area (Å²) in [5.41, 5.74) is 9.80. The molecule has 1 amide bonds. The number of anilines is 2. The van der Waals surface area contributed by atoms with Gasteiger partial charge in [0, 0.05) is 28.9 Å². The number of nitrogens with zero attached hydrogens (tertiary/aromatic N) is 2. The Kier molecular flexibility index (Phi) is 5.57. The van der Waals surface area contributed by atoms with Crippen LogP contribution in [0.25, 0.3) is 16.9 Å². The molecule has 31 heavy (non-hydrogen) atoms. The minimum Gasteiger partial charge on any atom is -0.497 e. The van der Waals surface area contributed by atoms with E-state index in [0.717, 1.165) is 22.7 Å². The molecule has 0 radical (unpaired) electrons. The first kappa shape index (κ1) is 20.0. The maximum atomic E-state index is 12.6. The van der Waals surface area contributed by atoms with Gasteiger partial charge in [0.25, 0.3) is 5.91 Å². The van der Waals surface area contributed by atoms with Gasteiger partial charge >= 0.3 is 0 Å². The quantitative estimate of drug-likeness (QED) is 0.488. The summed E-state index contributed by atoms with van der Waals surface area (Å²) in [6, 6.07) is 23.7. The van der Waals surface area contributed by atoms with Crippen molar-refractivity contribution < 1.29 is 14.3 Å². The van der Waals surface area contributed by atoms with Gasteiger partial charge in [-0.15, -0.1) is 0 Å². The van der Waals surface area contributed by atoms with E-state index in [4.69, 9.17) is 15.2 Å². The van der Waals surface area contributed by atoms with Crippen molar-refractivity contribution in [3.05, 3.63) is 84.4 Å². The molecule has 3 aromatic carbocycles. The van der Waals surface area contributed by atoms with Crippen molar-refractivity contribution in [1.82, 2.24) is 9.78 Å². The molecule has 156 valence electrons. The molecular formula is C24H22N4O3. The van der Waals surface area contributed by atoms with Crippen LogP contribution in [0.5, 0.6) is 11.5 Å². The van der Waals surface area contributed by atoms with Crippen LogP contribution in [-0.2, 0) is 0 Å². The van der Waals surface area contributed by atoms with Crippen LogP contribution in [0.2, 0.25) is 0 Å². The van der Waals surface area contributed by atoms with E-state index in [1.807, 2.05) is 54.6 Å². The maximum Gasteiger partial charge on any atom is 0.255 e. The van der Waals surface area contributed by atoms with E-state index in [-0.39, 0.29) is 5.91 Å². The monoisotopic (exact) mass is 414 g/mol. The van der Waals surface area contributed by atoms with Crippen LogP contribution < -0.4 is 20.5 Å². The molecule has 0 fully saturated rings. The number of rotatable bonds is 6. The summed E-state index contributed by atoms with van der Waals surface area (Å²) in [4.78, 5) is 12.6. The van der Waals surface area contributed by atoms with Crippen LogP contribution in [0, 0.1) is 0 Å². The van der Waals surface area contributed by atoms with Crippen LogP contribution in [0.4, 0.5) is 11.5 Å². The summed E-state index contributed by atoms with van der Waals surface area (Å²) in [5, 5.41) is 7.47. The number of hydrogen-bond donors (Lipinski definition) is 2. The molecule has 7 nitrogen and oxygen atoms in total. The first-order valence-electron chi connectivity index (χ1n) is 9.63. The van der Waals surface area contributed by atoms with Crippen molar-refractivity contribution >= 4 is 17.4 Å². The number of carbonyl (C=O) groups is 1. The van der Waals surface area contributed by atoms with Gasteiger partial charge in [0.15, 0.2) is 0 Å². The Morgan fingerprint density at radius 2 is 1.61 bits per heavy atom. The predicted molar refractivity (Wildman–Crippen MR) is 121 cm³/mol. The van der Waals surface area contributed by atoms with Crippen molar-refractivity contribution in [2.24, 2.45) is 0 Å². The molecule has 0 saturated heterocycles. The van der Waals surface area contributed by atoms with Gasteiger partial charge in [0.2, 0.25) is 0 Å². The summed E-state index contributed by atoms with van der Waals surface area (Å²) in [7, 11) is 3.21. The van der Waals surface area contributed by atoms with E-state index in [1.165, 1.54) is 0 Å². The number of hydrogen-bond acceptors (Lipinski definition) is 5. The summed E-state index contributed by atoms with van der Waals surface area (Å²) in [6.45, 7) is 0. The zero-order valence-electron chi connectivity index (χ0n) is 17.2. The second kappa shape index (κ2) is 8.62. The molecule has 0 bridgehead atoms. The Bertz CT molecular complexity index is 1200. The summed E-state index contributed by atoms with van der Waals surface area (Å²) in [5.74, 6) is 1.74. The van der Waals surface area contributed by atoms with Crippen molar-refractivity contribution in [1.29, 1.82) is 0 Å². The lowest BCUT2D eigenvalue weighted by molar-refractivity contribution is 0.102. The molecule has 0 unspecified atom stereocenters. The highest BCUT2D eigenvalue weighted by Crippen LogP contribution is 2.25. The molecule has 0 aliphatic rings. The fourth-order valence-electron chi connectivity index (χ4n) is 3.16. The average Bonchev–Trinajstić information content (AvgIpc) is 3.21. The lowest BCUT2D eigenvalue weighted by Crippen LogP contribution is -2.12. The molecule has 7 heteroatoms. The molecule has 4 aromatic rings. The van der Waals surface area contributed by atoms with Crippen molar-refractivity contribution in [3.8, 4) is 28.4 Å². The van der Waals surface area contributed by atoms with E-state index < -0.39 is 0 Å². The largest absolute Gasteiger partial charge is 0.497 e. The molecule has 0 aliphatic carbocycles. The van der Waals surface area contributed by atoms with Crippen LogP contribution in [-0.4, -0.2) is 29.9 Å². The maximum absolute atomic E-state index is 12.6. The van der Waals surface area contributed by atoms with Crippen LogP contribution in [0.15, 0.2) is 78.9 Å². The Morgan fingerprint density at radius 3 is 2.29 bits per heavy atom. The summed E-state index contributed by atoms with van der Waals surface area (Å²) < 4.78 is 12.0. The Labute approximate surface area is 180 Å². The van der Waals surface area contributed by atoms with Gasteiger partial charge in [0.1, 0.15) is 17.3 Å². The molecule has 0 spiro atoms. The first-order valence-corrected chi connectivity index (χ1v) is 9.63. The summed E-state index contributed by atoms with van der Waals surface area (Å²) >= 11 is 0. The molecule has 0 saturated carbocycles. The molecular weight excluding hydrogens is 392 g/mol. The van der Waals surface area contributed by atoms with Gasteiger partial charge in [0.05, 0.1) is 25.6 Å². The van der Waals surface area contributed by atoms with Gasteiger partial charge in [-0.05, 0) is 60.7 Å². The van der Waals surface area contributed by atoms with Crippen LogP contribution in [0.1, 0.15) is 10.4 Å². The standard InChI is InChI=1S/C24H22N4O3/c1-30-20-12-8-16(9-13-20)22-15-23(25)28(27-22)19-10-6-17(7-11-19)24(29)26-18-4-3-5-21(14-18)31-2/h3-15H,25H2,1-2H3,(H,26,29). The third kappa shape index (κ3) is 4.35. The number of ether oxygens (including phenoxy) is 2. The fourth-order valence-corrected chi connectivity index (χ4v) is 3.16. The average molecular weight is 414 g/mol. The molecule has 0 atom stereocenters. The van der Waals surface area contributed by atoms with E-state index in [2.05, 4.69) is 10.4 Å². The zero-order chi connectivity index (χ0) is 21.8. The number of nitrogens with two attached hydrogens (primary N) is 1. The van der Waals surface area contributed by atoms with Crippen LogP contribution in [0.3, 0.4) is 0 Å². The molecule has 1 aromatic heterocycles. The minimum atomic E-state index is -0.216. The lowest BCUT2D eigenvalue weighted by Gasteiger charge is -2.08. The highest BCUT2D eigenvalue weighted by Gasteiger charge is 2.11. The summed E-state index contributed by atoms with van der Waals surface area (Å²) in [6.07, 6.45) is 0. The molecule has 0 aliphatic heterocycles. The number of carbonyl (C=O) groups excluding carboxylic acids is 1. The predicted octanol–water partition coefficient (Wildman–Crippen LogP) is 4.39.